The van der Waals surface area contributed by atoms with Gasteiger partial charge in [-0.05, 0) is 39.5 Å². The van der Waals surface area contributed by atoms with Crippen LogP contribution in [0, 0.1) is 6.92 Å². The van der Waals surface area contributed by atoms with Gasteiger partial charge in [0, 0.05) is 24.7 Å². The Hall–Kier alpha value is -1.34. The summed E-state index contributed by atoms with van der Waals surface area (Å²) in [5.41, 5.74) is -0.216. The summed E-state index contributed by atoms with van der Waals surface area (Å²) in [6.45, 7) is 4.69. The second-order valence-corrected chi connectivity index (χ2v) is 8.77. The van der Waals surface area contributed by atoms with Gasteiger partial charge in [0.2, 0.25) is 10.0 Å². The quantitative estimate of drug-likeness (QED) is 0.913. The monoisotopic (exact) mass is 340 g/mol. The van der Waals surface area contributed by atoms with Crippen molar-refractivity contribution in [2.75, 3.05) is 13.1 Å². The van der Waals surface area contributed by atoms with Crippen LogP contribution in [0.2, 0.25) is 0 Å². The Morgan fingerprint density at radius 1 is 1.22 bits per heavy atom. The number of nitrogens with zero attached hydrogens (tertiary/aromatic N) is 1. The third-order valence-corrected chi connectivity index (χ3v) is 6.91. The highest BCUT2D eigenvalue weighted by Gasteiger charge is 2.34. The summed E-state index contributed by atoms with van der Waals surface area (Å²) in [5.74, 6) is 0.0207. The number of sulfonamides is 1. The average molecular weight is 340 g/mol. The summed E-state index contributed by atoms with van der Waals surface area (Å²) in [6.07, 6.45) is 5.84. The molecule has 2 fully saturated rings. The van der Waals surface area contributed by atoms with E-state index < -0.39 is 10.0 Å². The van der Waals surface area contributed by atoms with Gasteiger partial charge < -0.3 is 9.73 Å². The Kier molecular flexibility index (Phi) is 4.27. The first kappa shape index (κ1) is 16.5. The molecule has 0 atom stereocenters. The van der Waals surface area contributed by atoms with Crippen molar-refractivity contribution < 1.29 is 17.6 Å². The van der Waals surface area contributed by atoms with Gasteiger partial charge in [-0.1, -0.05) is 12.8 Å². The third kappa shape index (κ3) is 3.17. The minimum absolute atomic E-state index is 0.0772. The molecule has 1 amide bonds. The zero-order valence-corrected chi connectivity index (χ0v) is 14.5. The number of furan rings is 1. The number of rotatable bonds is 4. The molecule has 0 radical (unpaired) electrons. The van der Waals surface area contributed by atoms with Gasteiger partial charge in [-0.25, -0.2) is 8.42 Å². The zero-order chi connectivity index (χ0) is 16.7. The van der Waals surface area contributed by atoms with Crippen LogP contribution in [0.25, 0.3) is 0 Å². The molecule has 1 aliphatic heterocycles. The van der Waals surface area contributed by atoms with Crippen LogP contribution in [0.3, 0.4) is 0 Å². The van der Waals surface area contributed by atoms with Gasteiger partial charge in [0.25, 0.3) is 5.91 Å². The SMILES string of the molecule is Cc1oc(C(=O)NC2(C)CCCC2)cc1S(=O)(=O)N1CCCC1. The normalized spacial score (nSPS) is 21.7. The van der Waals surface area contributed by atoms with Crippen LogP contribution in [0.4, 0.5) is 0 Å². The molecule has 7 heteroatoms. The Balaban J connectivity index is 1.81. The van der Waals surface area contributed by atoms with E-state index in [0.717, 1.165) is 38.5 Å². The van der Waals surface area contributed by atoms with Crippen molar-refractivity contribution in [3.8, 4) is 0 Å². The predicted molar refractivity (Wildman–Crippen MR) is 85.8 cm³/mol. The Labute approximate surface area is 137 Å². The maximum absolute atomic E-state index is 12.6. The first-order valence-corrected chi connectivity index (χ1v) is 9.69. The molecule has 2 heterocycles. The lowest BCUT2D eigenvalue weighted by atomic mass is 10.0. The van der Waals surface area contributed by atoms with E-state index >= 15 is 0 Å². The molecule has 1 saturated carbocycles. The van der Waals surface area contributed by atoms with Gasteiger partial charge in [-0.15, -0.1) is 0 Å². The first-order chi connectivity index (χ1) is 10.8. The molecule has 1 aliphatic carbocycles. The summed E-state index contributed by atoms with van der Waals surface area (Å²) in [5, 5.41) is 2.99. The molecular formula is C16H24N2O4S. The van der Waals surface area contributed by atoms with E-state index in [1.807, 2.05) is 6.92 Å². The van der Waals surface area contributed by atoms with E-state index in [-0.39, 0.29) is 27.9 Å². The standard InChI is InChI=1S/C16H24N2O4S/c1-12-14(23(20,21)18-9-5-6-10-18)11-13(22-12)15(19)17-16(2)7-3-4-8-16/h11H,3-10H2,1-2H3,(H,17,19). The molecule has 1 N–H and O–H groups in total. The molecule has 23 heavy (non-hydrogen) atoms. The van der Waals surface area contributed by atoms with Crippen molar-refractivity contribution in [1.29, 1.82) is 0 Å². The highest BCUT2D eigenvalue weighted by molar-refractivity contribution is 7.89. The minimum Gasteiger partial charge on any atom is -0.455 e. The lowest BCUT2D eigenvalue weighted by Crippen LogP contribution is -2.43. The summed E-state index contributed by atoms with van der Waals surface area (Å²) in [6, 6.07) is 1.37. The molecule has 128 valence electrons. The number of aryl methyl sites for hydroxylation is 1. The second-order valence-electron chi connectivity index (χ2n) is 6.86. The molecule has 2 aliphatic rings. The highest BCUT2D eigenvalue weighted by atomic mass is 32.2. The number of hydrogen-bond donors (Lipinski definition) is 1. The van der Waals surface area contributed by atoms with Crippen molar-refractivity contribution in [2.45, 2.75) is 62.8 Å². The van der Waals surface area contributed by atoms with Crippen LogP contribution < -0.4 is 5.32 Å². The molecule has 0 spiro atoms. The summed E-state index contributed by atoms with van der Waals surface area (Å²) in [7, 11) is -3.56. The summed E-state index contributed by atoms with van der Waals surface area (Å²) in [4.78, 5) is 12.5. The van der Waals surface area contributed by atoms with Crippen LogP contribution in [-0.2, 0) is 10.0 Å². The van der Waals surface area contributed by atoms with Crippen molar-refractivity contribution in [2.24, 2.45) is 0 Å². The lowest BCUT2D eigenvalue weighted by Gasteiger charge is -2.24. The van der Waals surface area contributed by atoms with Gasteiger partial charge in [-0.2, -0.15) is 4.31 Å². The van der Waals surface area contributed by atoms with E-state index in [0.29, 0.717) is 13.1 Å². The number of hydrogen-bond acceptors (Lipinski definition) is 4. The van der Waals surface area contributed by atoms with Crippen LogP contribution in [0.5, 0.6) is 0 Å². The molecule has 3 rings (SSSR count). The van der Waals surface area contributed by atoms with Gasteiger partial charge in [0.15, 0.2) is 5.76 Å². The smallest absolute Gasteiger partial charge is 0.287 e. The Bertz CT molecular complexity index is 696. The van der Waals surface area contributed by atoms with E-state index in [1.165, 1.54) is 10.4 Å². The van der Waals surface area contributed by atoms with Gasteiger partial charge >= 0.3 is 0 Å². The molecule has 0 unspecified atom stereocenters. The number of carbonyl (C=O) groups excluding carboxylic acids is 1. The lowest BCUT2D eigenvalue weighted by molar-refractivity contribution is 0.0878. The molecule has 1 saturated heterocycles. The molecule has 0 aromatic carbocycles. The second kappa shape index (κ2) is 5.94. The number of amides is 1. The van der Waals surface area contributed by atoms with E-state index in [1.54, 1.807) is 6.92 Å². The van der Waals surface area contributed by atoms with E-state index in [9.17, 15) is 13.2 Å². The number of nitrogens with one attached hydrogen (secondary N) is 1. The van der Waals surface area contributed by atoms with Crippen LogP contribution in [0.1, 0.15) is 61.8 Å². The van der Waals surface area contributed by atoms with E-state index in [2.05, 4.69) is 5.32 Å². The Morgan fingerprint density at radius 3 is 2.43 bits per heavy atom. The van der Waals surface area contributed by atoms with Gasteiger partial charge in [0.1, 0.15) is 10.7 Å². The van der Waals surface area contributed by atoms with Crippen LogP contribution in [-0.4, -0.2) is 37.3 Å². The fourth-order valence-electron chi connectivity index (χ4n) is 3.52. The molecule has 1 aromatic rings. The molecule has 1 aromatic heterocycles. The topological polar surface area (TPSA) is 79.6 Å². The number of carbonyl (C=O) groups is 1. The van der Waals surface area contributed by atoms with Crippen molar-refractivity contribution >= 4 is 15.9 Å². The predicted octanol–water partition coefficient (Wildman–Crippen LogP) is 2.44. The van der Waals surface area contributed by atoms with Crippen LogP contribution in [0.15, 0.2) is 15.4 Å². The fourth-order valence-corrected chi connectivity index (χ4v) is 5.19. The Morgan fingerprint density at radius 2 is 1.83 bits per heavy atom. The maximum Gasteiger partial charge on any atom is 0.287 e. The van der Waals surface area contributed by atoms with Gasteiger partial charge in [0.05, 0.1) is 0 Å². The van der Waals surface area contributed by atoms with Crippen LogP contribution >= 0.6 is 0 Å². The first-order valence-electron chi connectivity index (χ1n) is 8.25. The van der Waals surface area contributed by atoms with Gasteiger partial charge in [-0.3, -0.25) is 4.79 Å². The highest BCUT2D eigenvalue weighted by Crippen LogP contribution is 2.30. The van der Waals surface area contributed by atoms with Crippen molar-refractivity contribution in [3.05, 3.63) is 17.6 Å². The third-order valence-electron chi connectivity index (χ3n) is 4.90. The van der Waals surface area contributed by atoms with E-state index in [4.69, 9.17) is 4.42 Å². The zero-order valence-electron chi connectivity index (χ0n) is 13.7. The van der Waals surface area contributed by atoms with Crippen molar-refractivity contribution in [1.82, 2.24) is 9.62 Å². The maximum atomic E-state index is 12.6. The molecule has 6 nitrogen and oxygen atoms in total. The molecular weight excluding hydrogens is 316 g/mol. The average Bonchev–Trinajstić information content (AvgIpc) is 3.18. The fraction of sp³-hybridized carbons (Fsp3) is 0.688. The summed E-state index contributed by atoms with van der Waals surface area (Å²) < 4.78 is 32.2. The minimum atomic E-state index is -3.56. The summed E-state index contributed by atoms with van der Waals surface area (Å²) >= 11 is 0. The van der Waals surface area contributed by atoms with Crippen molar-refractivity contribution in [3.63, 3.8) is 0 Å². The largest absolute Gasteiger partial charge is 0.455 e. The molecule has 0 bridgehead atoms.